The first-order valence-electron chi connectivity index (χ1n) is 5.30. The van der Waals surface area contributed by atoms with Crippen molar-refractivity contribution in [3.8, 4) is 0 Å². The third kappa shape index (κ3) is 2.50. The summed E-state index contributed by atoms with van der Waals surface area (Å²) in [7, 11) is 0. The maximum atomic E-state index is 5.89. The molecule has 1 atom stereocenters. The Kier molecular flexibility index (Phi) is 4.49. The Hall–Kier alpha value is -0.350. The number of amidine groups is 1. The maximum absolute atomic E-state index is 5.89. The molecular formula is C12H11Cl3N2S. The van der Waals surface area contributed by atoms with E-state index in [1.54, 1.807) is 11.8 Å². The van der Waals surface area contributed by atoms with Gasteiger partial charge in [-0.15, -0.1) is 24.0 Å². The summed E-state index contributed by atoms with van der Waals surface area (Å²) in [5.74, 6) is 0.541. The Balaban J connectivity index is 0.00000120. The number of aliphatic imine (C=N–C) groups is 1. The normalized spacial score (nSPS) is 21.2. The topological polar surface area (TPSA) is 15.6 Å². The van der Waals surface area contributed by atoms with Crippen LogP contribution in [-0.2, 0) is 0 Å². The quantitative estimate of drug-likeness (QED) is 0.755. The van der Waals surface area contributed by atoms with Crippen LogP contribution in [0.15, 0.2) is 40.4 Å². The molecule has 2 aliphatic heterocycles. The maximum Gasteiger partial charge on any atom is 0.168 e. The van der Waals surface area contributed by atoms with Gasteiger partial charge in [0, 0.05) is 10.7 Å². The van der Waals surface area contributed by atoms with Crippen molar-refractivity contribution in [2.45, 2.75) is 6.04 Å². The van der Waals surface area contributed by atoms with Crippen LogP contribution in [-0.4, -0.2) is 22.5 Å². The zero-order valence-corrected chi connectivity index (χ0v) is 12.5. The number of nitrogens with zero attached hydrogens (tertiary/aromatic N) is 2. The van der Waals surface area contributed by atoms with Crippen LogP contribution >= 0.6 is 47.4 Å². The lowest BCUT2D eigenvalue weighted by Crippen LogP contribution is -2.22. The third-order valence-corrected chi connectivity index (χ3v) is 4.34. The Morgan fingerprint density at radius 2 is 2.06 bits per heavy atom. The molecular weight excluding hydrogens is 311 g/mol. The number of halogens is 3. The molecule has 18 heavy (non-hydrogen) atoms. The van der Waals surface area contributed by atoms with Crippen molar-refractivity contribution < 1.29 is 0 Å². The Morgan fingerprint density at radius 1 is 1.33 bits per heavy atom. The Morgan fingerprint density at radius 3 is 2.72 bits per heavy atom. The van der Waals surface area contributed by atoms with E-state index in [4.69, 9.17) is 28.2 Å². The van der Waals surface area contributed by atoms with Gasteiger partial charge in [-0.2, -0.15) is 0 Å². The largest absolute Gasteiger partial charge is 0.320 e. The number of alkyl halides is 1. The summed E-state index contributed by atoms with van der Waals surface area (Å²) in [5.41, 5.74) is 2.35. The molecule has 3 rings (SSSR count). The van der Waals surface area contributed by atoms with Crippen molar-refractivity contribution in [3.63, 3.8) is 0 Å². The second-order valence-corrected chi connectivity index (χ2v) is 5.49. The SMILES string of the molecule is Cl.ClCC1=CSC2=NC(c3ccc(Cl)cc3)CN12. The van der Waals surface area contributed by atoms with Gasteiger partial charge in [-0.3, -0.25) is 4.99 Å². The number of benzene rings is 1. The highest BCUT2D eigenvalue weighted by molar-refractivity contribution is 8.16. The molecule has 0 spiro atoms. The second-order valence-electron chi connectivity index (χ2n) is 3.95. The highest BCUT2D eigenvalue weighted by Crippen LogP contribution is 2.37. The average molecular weight is 322 g/mol. The number of thioether (sulfide) groups is 1. The van der Waals surface area contributed by atoms with Gasteiger partial charge in [-0.1, -0.05) is 35.5 Å². The summed E-state index contributed by atoms with van der Waals surface area (Å²) in [6, 6.07) is 8.08. The van der Waals surface area contributed by atoms with E-state index >= 15 is 0 Å². The fourth-order valence-electron chi connectivity index (χ4n) is 1.98. The van der Waals surface area contributed by atoms with E-state index in [9.17, 15) is 0 Å². The van der Waals surface area contributed by atoms with E-state index in [1.165, 1.54) is 5.56 Å². The predicted octanol–water partition coefficient (Wildman–Crippen LogP) is 4.30. The molecule has 0 saturated carbocycles. The summed E-state index contributed by atoms with van der Waals surface area (Å²) < 4.78 is 0. The van der Waals surface area contributed by atoms with Gasteiger partial charge < -0.3 is 4.90 Å². The summed E-state index contributed by atoms with van der Waals surface area (Å²) in [5, 5.41) is 3.89. The van der Waals surface area contributed by atoms with E-state index in [0.717, 1.165) is 22.4 Å². The molecule has 2 nitrogen and oxygen atoms in total. The van der Waals surface area contributed by atoms with Crippen LogP contribution in [0.1, 0.15) is 11.6 Å². The van der Waals surface area contributed by atoms with Crippen molar-refractivity contribution in [2.24, 2.45) is 4.99 Å². The van der Waals surface area contributed by atoms with E-state index in [0.29, 0.717) is 5.88 Å². The summed E-state index contributed by atoms with van der Waals surface area (Å²) in [6.45, 7) is 0.877. The molecule has 0 saturated heterocycles. The highest BCUT2D eigenvalue weighted by Gasteiger charge is 2.31. The number of hydrogen-bond donors (Lipinski definition) is 0. The number of fused-ring (bicyclic) bond motifs is 1. The standard InChI is InChI=1S/C12H10Cl2N2S.ClH/c13-5-10-7-17-12-15-11(6-16(10)12)8-1-3-9(14)4-2-8;/h1-4,7,11H,5-6H2;1H. The molecule has 0 aromatic heterocycles. The first-order valence-corrected chi connectivity index (χ1v) is 7.09. The lowest BCUT2D eigenvalue weighted by molar-refractivity contribution is 0.524. The zero-order valence-electron chi connectivity index (χ0n) is 9.35. The molecule has 0 fully saturated rings. The van der Waals surface area contributed by atoms with Crippen molar-refractivity contribution >= 4 is 52.5 Å². The van der Waals surface area contributed by atoms with E-state index < -0.39 is 0 Å². The summed E-state index contributed by atoms with van der Waals surface area (Å²) in [4.78, 5) is 6.89. The van der Waals surface area contributed by atoms with Crippen molar-refractivity contribution in [2.75, 3.05) is 12.4 Å². The number of hydrogen-bond acceptors (Lipinski definition) is 3. The van der Waals surface area contributed by atoms with Gasteiger partial charge in [0.1, 0.15) is 0 Å². The van der Waals surface area contributed by atoms with Crippen LogP contribution in [0.5, 0.6) is 0 Å². The molecule has 1 unspecified atom stereocenters. The van der Waals surface area contributed by atoms with Crippen LogP contribution in [0.2, 0.25) is 5.02 Å². The van der Waals surface area contributed by atoms with Gasteiger partial charge in [0.15, 0.2) is 5.17 Å². The lowest BCUT2D eigenvalue weighted by atomic mass is 10.1. The first-order chi connectivity index (χ1) is 8.28. The van der Waals surface area contributed by atoms with Gasteiger partial charge in [-0.25, -0.2) is 0 Å². The van der Waals surface area contributed by atoms with E-state index in [1.807, 2.05) is 24.3 Å². The van der Waals surface area contributed by atoms with Crippen LogP contribution in [0.25, 0.3) is 0 Å². The highest BCUT2D eigenvalue weighted by atomic mass is 35.5. The lowest BCUT2D eigenvalue weighted by Gasteiger charge is -2.16. The first kappa shape index (κ1) is 14.1. The van der Waals surface area contributed by atoms with Gasteiger partial charge in [0.05, 0.1) is 18.5 Å². The molecule has 0 radical (unpaired) electrons. The zero-order chi connectivity index (χ0) is 11.8. The fraction of sp³-hybridized carbons (Fsp3) is 0.250. The minimum atomic E-state index is 0. The molecule has 0 aliphatic carbocycles. The predicted molar refractivity (Wildman–Crippen MR) is 82.0 cm³/mol. The monoisotopic (exact) mass is 320 g/mol. The second kappa shape index (κ2) is 5.74. The molecule has 1 aromatic rings. The average Bonchev–Trinajstić information content (AvgIpc) is 2.89. The molecule has 0 bridgehead atoms. The molecule has 2 aliphatic rings. The van der Waals surface area contributed by atoms with Crippen LogP contribution < -0.4 is 0 Å². The fourth-order valence-corrected chi connectivity index (χ4v) is 3.38. The van der Waals surface area contributed by atoms with Gasteiger partial charge in [0.2, 0.25) is 0 Å². The summed E-state index contributed by atoms with van der Waals surface area (Å²) in [6.07, 6.45) is 0. The van der Waals surface area contributed by atoms with Crippen LogP contribution in [0, 0.1) is 0 Å². The Bertz CT molecular complexity index is 499. The Labute approximate surface area is 126 Å². The molecule has 96 valence electrons. The molecule has 1 aromatic carbocycles. The molecule has 6 heteroatoms. The number of rotatable bonds is 2. The minimum absolute atomic E-state index is 0. The van der Waals surface area contributed by atoms with Crippen molar-refractivity contribution in [1.29, 1.82) is 0 Å². The van der Waals surface area contributed by atoms with Gasteiger partial charge >= 0.3 is 0 Å². The molecule has 2 heterocycles. The van der Waals surface area contributed by atoms with Crippen molar-refractivity contribution in [3.05, 3.63) is 46.0 Å². The number of allylic oxidation sites excluding steroid dienone is 1. The molecule has 0 N–H and O–H groups in total. The van der Waals surface area contributed by atoms with E-state index in [2.05, 4.69) is 10.3 Å². The van der Waals surface area contributed by atoms with E-state index in [-0.39, 0.29) is 18.4 Å². The van der Waals surface area contributed by atoms with Crippen LogP contribution in [0.3, 0.4) is 0 Å². The van der Waals surface area contributed by atoms with Crippen molar-refractivity contribution in [1.82, 2.24) is 4.90 Å². The van der Waals surface area contributed by atoms with Gasteiger partial charge in [-0.05, 0) is 23.1 Å². The minimum Gasteiger partial charge on any atom is -0.320 e. The van der Waals surface area contributed by atoms with Gasteiger partial charge in [0.25, 0.3) is 0 Å². The third-order valence-electron chi connectivity index (χ3n) is 2.89. The molecule has 0 amide bonds. The summed E-state index contributed by atoms with van der Waals surface area (Å²) >= 11 is 13.4. The smallest absolute Gasteiger partial charge is 0.168 e. The van der Waals surface area contributed by atoms with Crippen LogP contribution in [0.4, 0.5) is 0 Å².